The second-order valence-corrected chi connectivity index (χ2v) is 6.27. The first kappa shape index (κ1) is 13.4. The largest absolute Gasteiger partial charge is 0.378 e. The highest BCUT2D eigenvalue weighted by Crippen LogP contribution is 2.38. The van der Waals surface area contributed by atoms with Gasteiger partial charge in [-0.15, -0.1) is 0 Å². The van der Waals surface area contributed by atoms with E-state index in [1.807, 2.05) is 0 Å². The third-order valence-corrected chi connectivity index (χ3v) is 5.15. The standard InChI is InChI=1S/C16H30O/c1-3-5-16-11-10-15(12-17-16)14-8-6-13(4-2)7-9-14/h13-16H,3-12H2,1-2H3. The first-order valence-corrected chi connectivity index (χ1v) is 7.95. The van der Waals surface area contributed by atoms with Crippen molar-refractivity contribution in [2.75, 3.05) is 6.61 Å². The summed E-state index contributed by atoms with van der Waals surface area (Å²) in [5, 5.41) is 0. The summed E-state index contributed by atoms with van der Waals surface area (Å²) in [6, 6.07) is 0. The molecular formula is C16H30O. The highest BCUT2D eigenvalue weighted by Gasteiger charge is 2.30. The molecule has 0 N–H and O–H groups in total. The van der Waals surface area contributed by atoms with Crippen LogP contribution in [0.2, 0.25) is 0 Å². The normalized spacial score (nSPS) is 39.2. The lowest BCUT2D eigenvalue weighted by Gasteiger charge is -2.37. The molecule has 2 fully saturated rings. The van der Waals surface area contributed by atoms with Crippen LogP contribution in [0.4, 0.5) is 0 Å². The molecular weight excluding hydrogens is 208 g/mol. The van der Waals surface area contributed by atoms with Crippen molar-refractivity contribution in [1.82, 2.24) is 0 Å². The molecule has 1 heteroatoms. The van der Waals surface area contributed by atoms with Crippen molar-refractivity contribution in [3.63, 3.8) is 0 Å². The minimum absolute atomic E-state index is 0.586. The van der Waals surface area contributed by atoms with E-state index in [4.69, 9.17) is 4.74 Å². The van der Waals surface area contributed by atoms with Gasteiger partial charge in [0.1, 0.15) is 0 Å². The summed E-state index contributed by atoms with van der Waals surface area (Å²) in [6.45, 7) is 5.68. The second-order valence-electron chi connectivity index (χ2n) is 6.27. The Morgan fingerprint density at radius 2 is 1.59 bits per heavy atom. The SMILES string of the molecule is CCCC1CCC(C2CCC(CC)CC2)CO1. The predicted molar refractivity (Wildman–Crippen MR) is 73.1 cm³/mol. The van der Waals surface area contributed by atoms with Crippen LogP contribution in [0.5, 0.6) is 0 Å². The Morgan fingerprint density at radius 1 is 0.882 bits per heavy atom. The maximum absolute atomic E-state index is 6.04. The molecule has 1 saturated heterocycles. The quantitative estimate of drug-likeness (QED) is 0.683. The smallest absolute Gasteiger partial charge is 0.0575 e. The van der Waals surface area contributed by atoms with Gasteiger partial charge < -0.3 is 4.74 Å². The minimum Gasteiger partial charge on any atom is -0.378 e. The summed E-state index contributed by atoms with van der Waals surface area (Å²) in [5.74, 6) is 2.91. The van der Waals surface area contributed by atoms with E-state index in [2.05, 4.69) is 13.8 Å². The van der Waals surface area contributed by atoms with Crippen LogP contribution in [-0.2, 0) is 4.74 Å². The first-order chi connectivity index (χ1) is 8.33. The Morgan fingerprint density at radius 3 is 2.12 bits per heavy atom. The van der Waals surface area contributed by atoms with Crippen LogP contribution in [0, 0.1) is 17.8 Å². The fourth-order valence-electron chi connectivity index (χ4n) is 3.82. The monoisotopic (exact) mass is 238 g/mol. The lowest BCUT2D eigenvalue weighted by Crippen LogP contribution is -2.32. The minimum atomic E-state index is 0.586. The van der Waals surface area contributed by atoms with E-state index in [0.29, 0.717) is 6.10 Å². The highest BCUT2D eigenvalue weighted by atomic mass is 16.5. The van der Waals surface area contributed by atoms with Crippen LogP contribution in [-0.4, -0.2) is 12.7 Å². The van der Waals surface area contributed by atoms with E-state index in [9.17, 15) is 0 Å². The van der Waals surface area contributed by atoms with Gasteiger partial charge in [0.25, 0.3) is 0 Å². The molecule has 2 aliphatic rings. The van der Waals surface area contributed by atoms with Gasteiger partial charge in [-0.1, -0.05) is 39.5 Å². The molecule has 0 aromatic carbocycles. The molecule has 17 heavy (non-hydrogen) atoms. The number of rotatable bonds is 4. The maximum atomic E-state index is 6.04. The van der Waals surface area contributed by atoms with E-state index >= 15 is 0 Å². The van der Waals surface area contributed by atoms with Crippen molar-refractivity contribution >= 4 is 0 Å². The zero-order valence-corrected chi connectivity index (χ0v) is 11.8. The third kappa shape index (κ3) is 3.71. The van der Waals surface area contributed by atoms with E-state index in [1.54, 1.807) is 0 Å². The summed E-state index contributed by atoms with van der Waals surface area (Å²) in [7, 11) is 0. The Kier molecular flexibility index (Phi) is 5.34. The van der Waals surface area contributed by atoms with Gasteiger partial charge in [-0.05, 0) is 49.9 Å². The molecule has 2 unspecified atom stereocenters. The van der Waals surface area contributed by atoms with Crippen molar-refractivity contribution in [1.29, 1.82) is 0 Å². The molecule has 0 spiro atoms. The fraction of sp³-hybridized carbons (Fsp3) is 1.00. The van der Waals surface area contributed by atoms with Crippen molar-refractivity contribution in [2.45, 2.75) is 77.7 Å². The Bertz CT molecular complexity index is 198. The molecule has 0 aromatic heterocycles. The Hall–Kier alpha value is -0.0400. The number of ether oxygens (including phenoxy) is 1. The van der Waals surface area contributed by atoms with Crippen LogP contribution < -0.4 is 0 Å². The zero-order chi connectivity index (χ0) is 12.1. The molecule has 1 aliphatic heterocycles. The van der Waals surface area contributed by atoms with Gasteiger partial charge in [0.15, 0.2) is 0 Å². The predicted octanol–water partition coefficient (Wildman–Crippen LogP) is 4.80. The lowest BCUT2D eigenvalue weighted by atomic mass is 9.73. The van der Waals surface area contributed by atoms with Gasteiger partial charge in [-0.3, -0.25) is 0 Å². The molecule has 1 heterocycles. The maximum Gasteiger partial charge on any atom is 0.0575 e. The van der Waals surface area contributed by atoms with Crippen LogP contribution in [0.25, 0.3) is 0 Å². The van der Waals surface area contributed by atoms with Crippen molar-refractivity contribution < 1.29 is 4.74 Å². The molecule has 1 aliphatic carbocycles. The van der Waals surface area contributed by atoms with E-state index in [-0.39, 0.29) is 0 Å². The summed E-state index contributed by atoms with van der Waals surface area (Å²) >= 11 is 0. The summed E-state index contributed by atoms with van der Waals surface area (Å²) in [6.07, 6.45) is 13.2. The summed E-state index contributed by atoms with van der Waals surface area (Å²) in [5.41, 5.74) is 0. The molecule has 1 saturated carbocycles. The average Bonchev–Trinajstić information content (AvgIpc) is 2.40. The van der Waals surface area contributed by atoms with E-state index in [1.165, 1.54) is 57.8 Å². The van der Waals surface area contributed by atoms with Crippen LogP contribution in [0.15, 0.2) is 0 Å². The molecule has 0 aromatic rings. The Labute approximate surface area is 107 Å². The van der Waals surface area contributed by atoms with Crippen LogP contribution >= 0.6 is 0 Å². The molecule has 100 valence electrons. The molecule has 2 rings (SSSR count). The van der Waals surface area contributed by atoms with Gasteiger partial charge in [0.2, 0.25) is 0 Å². The van der Waals surface area contributed by atoms with Crippen LogP contribution in [0.1, 0.15) is 71.6 Å². The topological polar surface area (TPSA) is 9.23 Å². The second kappa shape index (κ2) is 6.78. The van der Waals surface area contributed by atoms with Crippen molar-refractivity contribution in [3.8, 4) is 0 Å². The summed E-state index contributed by atoms with van der Waals surface area (Å²) in [4.78, 5) is 0. The first-order valence-electron chi connectivity index (χ1n) is 7.95. The highest BCUT2D eigenvalue weighted by molar-refractivity contribution is 4.80. The van der Waals surface area contributed by atoms with Crippen LogP contribution in [0.3, 0.4) is 0 Å². The summed E-state index contributed by atoms with van der Waals surface area (Å²) < 4.78 is 6.04. The molecule has 0 radical (unpaired) electrons. The average molecular weight is 238 g/mol. The van der Waals surface area contributed by atoms with Crippen molar-refractivity contribution in [3.05, 3.63) is 0 Å². The lowest BCUT2D eigenvalue weighted by molar-refractivity contribution is -0.0421. The molecule has 2 atom stereocenters. The molecule has 0 amide bonds. The zero-order valence-electron chi connectivity index (χ0n) is 11.8. The third-order valence-electron chi connectivity index (χ3n) is 5.15. The Balaban J connectivity index is 1.70. The number of hydrogen-bond acceptors (Lipinski definition) is 1. The van der Waals surface area contributed by atoms with Gasteiger partial charge in [-0.25, -0.2) is 0 Å². The van der Waals surface area contributed by atoms with Gasteiger partial charge >= 0.3 is 0 Å². The van der Waals surface area contributed by atoms with Gasteiger partial charge in [0, 0.05) is 0 Å². The number of hydrogen-bond donors (Lipinski definition) is 0. The van der Waals surface area contributed by atoms with Gasteiger partial charge in [0.05, 0.1) is 12.7 Å². The fourth-order valence-corrected chi connectivity index (χ4v) is 3.82. The molecule has 1 nitrogen and oxygen atoms in total. The van der Waals surface area contributed by atoms with Gasteiger partial charge in [-0.2, -0.15) is 0 Å². The van der Waals surface area contributed by atoms with E-state index in [0.717, 1.165) is 24.4 Å². The molecule has 0 bridgehead atoms. The van der Waals surface area contributed by atoms with E-state index < -0.39 is 0 Å². The van der Waals surface area contributed by atoms with Crippen molar-refractivity contribution in [2.24, 2.45) is 17.8 Å².